The van der Waals surface area contributed by atoms with Gasteiger partial charge in [-0.05, 0) is 29.8 Å². The van der Waals surface area contributed by atoms with Crippen LogP contribution in [-0.2, 0) is 6.61 Å². The molecule has 1 heterocycles. The van der Waals surface area contributed by atoms with Crippen molar-refractivity contribution in [3.63, 3.8) is 0 Å². The Morgan fingerprint density at radius 3 is 2.88 bits per heavy atom. The number of rotatable bonds is 3. The van der Waals surface area contributed by atoms with Gasteiger partial charge in [-0.15, -0.1) is 0 Å². The lowest BCUT2D eigenvalue weighted by Crippen LogP contribution is -1.88. The van der Waals surface area contributed by atoms with E-state index in [1.807, 2.05) is 12.1 Å². The van der Waals surface area contributed by atoms with Gasteiger partial charge in [0.2, 0.25) is 0 Å². The van der Waals surface area contributed by atoms with Gasteiger partial charge >= 0.3 is 0 Å². The van der Waals surface area contributed by atoms with Gasteiger partial charge in [-0.1, -0.05) is 23.4 Å². The number of aliphatic hydroxyl groups excluding tert-OH is 1. The van der Waals surface area contributed by atoms with Crippen molar-refractivity contribution in [1.29, 1.82) is 0 Å². The maximum atomic E-state index is 9.22. The molecule has 0 atom stereocenters. The molecule has 3 nitrogen and oxygen atoms in total. The zero-order valence-corrected chi connectivity index (χ0v) is 9.87. The molecule has 16 heavy (non-hydrogen) atoms. The predicted octanol–water partition coefficient (Wildman–Crippen LogP) is 2.77. The average molecular weight is 253 g/mol. The van der Waals surface area contributed by atoms with E-state index in [1.54, 1.807) is 18.3 Å². The minimum Gasteiger partial charge on any atom is -0.392 e. The van der Waals surface area contributed by atoms with Crippen LogP contribution in [0.1, 0.15) is 5.56 Å². The molecule has 0 unspecified atom stereocenters. The van der Waals surface area contributed by atoms with Crippen LogP contribution in [0.25, 0.3) is 0 Å². The summed E-state index contributed by atoms with van der Waals surface area (Å²) < 4.78 is 0. The van der Waals surface area contributed by atoms with E-state index in [0.717, 1.165) is 15.5 Å². The van der Waals surface area contributed by atoms with E-state index in [9.17, 15) is 5.11 Å². The lowest BCUT2D eigenvalue weighted by atomic mass is 10.2. The molecule has 0 bridgehead atoms. The van der Waals surface area contributed by atoms with Gasteiger partial charge in [-0.25, -0.2) is 9.97 Å². The van der Waals surface area contributed by atoms with Crippen LogP contribution in [0.4, 0.5) is 0 Å². The first-order chi connectivity index (χ1) is 7.79. The highest BCUT2D eigenvalue weighted by atomic mass is 35.5. The summed E-state index contributed by atoms with van der Waals surface area (Å²) in [7, 11) is 0. The molecule has 1 aromatic heterocycles. The van der Waals surface area contributed by atoms with E-state index in [-0.39, 0.29) is 6.61 Å². The summed E-state index contributed by atoms with van der Waals surface area (Å²) in [6.07, 6.45) is 3.18. The third-order valence-corrected chi connectivity index (χ3v) is 3.27. The van der Waals surface area contributed by atoms with Crippen LogP contribution in [0.2, 0.25) is 5.02 Å². The van der Waals surface area contributed by atoms with Crippen molar-refractivity contribution in [3.8, 4) is 0 Å². The monoisotopic (exact) mass is 252 g/mol. The summed E-state index contributed by atoms with van der Waals surface area (Å²) in [4.78, 5) is 8.91. The van der Waals surface area contributed by atoms with Gasteiger partial charge in [0.15, 0.2) is 0 Å². The van der Waals surface area contributed by atoms with Crippen LogP contribution in [0, 0.1) is 0 Å². The standard InChI is InChI=1S/C11H9ClN2OS/c12-9-1-2-10(8(5-9)6-15)16-11-3-4-13-7-14-11/h1-5,7,15H,6H2. The third kappa shape index (κ3) is 2.72. The number of hydrogen-bond acceptors (Lipinski definition) is 4. The fourth-order valence-corrected chi connectivity index (χ4v) is 2.26. The van der Waals surface area contributed by atoms with E-state index in [4.69, 9.17) is 11.6 Å². The maximum absolute atomic E-state index is 9.22. The Kier molecular flexibility index (Phi) is 3.77. The molecule has 0 radical (unpaired) electrons. The molecule has 0 fully saturated rings. The minimum atomic E-state index is -0.0338. The zero-order valence-electron chi connectivity index (χ0n) is 8.30. The summed E-state index contributed by atoms with van der Waals surface area (Å²) >= 11 is 7.33. The number of halogens is 1. The second-order valence-electron chi connectivity index (χ2n) is 3.06. The second-order valence-corrected chi connectivity index (χ2v) is 4.56. The molecular formula is C11H9ClN2OS. The van der Waals surface area contributed by atoms with Crippen molar-refractivity contribution in [2.45, 2.75) is 16.5 Å². The van der Waals surface area contributed by atoms with Crippen molar-refractivity contribution < 1.29 is 5.11 Å². The number of benzene rings is 1. The Labute approximate surface area is 103 Å². The van der Waals surface area contributed by atoms with Gasteiger partial charge in [-0.2, -0.15) is 0 Å². The van der Waals surface area contributed by atoms with E-state index >= 15 is 0 Å². The molecule has 1 aromatic carbocycles. The number of hydrogen-bond donors (Lipinski definition) is 1. The van der Waals surface area contributed by atoms with Gasteiger partial charge in [0.05, 0.1) is 6.61 Å². The van der Waals surface area contributed by atoms with Gasteiger partial charge in [-0.3, -0.25) is 0 Å². The number of nitrogens with zero attached hydrogens (tertiary/aromatic N) is 2. The average Bonchev–Trinajstić information content (AvgIpc) is 2.33. The number of aliphatic hydroxyl groups is 1. The van der Waals surface area contributed by atoms with Gasteiger partial charge in [0.1, 0.15) is 11.4 Å². The van der Waals surface area contributed by atoms with Crippen molar-refractivity contribution in [1.82, 2.24) is 9.97 Å². The van der Waals surface area contributed by atoms with E-state index in [2.05, 4.69) is 9.97 Å². The molecule has 1 N–H and O–H groups in total. The number of aromatic nitrogens is 2. The molecule has 0 aliphatic rings. The Balaban J connectivity index is 2.28. The molecule has 2 rings (SSSR count). The molecule has 0 aliphatic heterocycles. The van der Waals surface area contributed by atoms with Gasteiger partial charge in [0.25, 0.3) is 0 Å². The summed E-state index contributed by atoms with van der Waals surface area (Å²) in [6, 6.07) is 7.25. The second kappa shape index (κ2) is 5.30. The molecule has 0 spiro atoms. The molecule has 82 valence electrons. The quantitative estimate of drug-likeness (QED) is 0.854. The van der Waals surface area contributed by atoms with Crippen LogP contribution < -0.4 is 0 Å². The van der Waals surface area contributed by atoms with Crippen LogP contribution in [0.15, 0.2) is 46.7 Å². The Morgan fingerprint density at radius 1 is 1.31 bits per heavy atom. The first kappa shape index (κ1) is 11.4. The summed E-state index contributed by atoms with van der Waals surface area (Å²) in [5.74, 6) is 0. The molecule has 0 saturated carbocycles. The Hall–Kier alpha value is -1.10. The van der Waals surface area contributed by atoms with Crippen molar-refractivity contribution in [2.24, 2.45) is 0 Å². The largest absolute Gasteiger partial charge is 0.392 e. The summed E-state index contributed by atoms with van der Waals surface area (Å²) in [5.41, 5.74) is 0.802. The smallest absolute Gasteiger partial charge is 0.116 e. The lowest BCUT2D eigenvalue weighted by molar-refractivity contribution is 0.279. The predicted molar refractivity (Wildman–Crippen MR) is 63.5 cm³/mol. The normalized spacial score (nSPS) is 10.4. The van der Waals surface area contributed by atoms with Crippen molar-refractivity contribution in [3.05, 3.63) is 47.4 Å². The summed E-state index contributed by atoms with van der Waals surface area (Å²) in [5, 5.41) is 10.7. The van der Waals surface area contributed by atoms with Crippen molar-refractivity contribution in [2.75, 3.05) is 0 Å². The van der Waals surface area contributed by atoms with E-state index in [1.165, 1.54) is 18.1 Å². The highest BCUT2D eigenvalue weighted by Gasteiger charge is 2.05. The Bertz CT molecular complexity index is 479. The third-order valence-electron chi connectivity index (χ3n) is 1.96. The van der Waals surface area contributed by atoms with Crippen LogP contribution in [0.3, 0.4) is 0 Å². The summed E-state index contributed by atoms with van der Waals surface area (Å²) in [6.45, 7) is -0.0338. The fourth-order valence-electron chi connectivity index (χ4n) is 1.22. The van der Waals surface area contributed by atoms with Gasteiger partial charge < -0.3 is 5.11 Å². The van der Waals surface area contributed by atoms with Crippen LogP contribution in [0.5, 0.6) is 0 Å². The SMILES string of the molecule is OCc1cc(Cl)ccc1Sc1ccncn1. The lowest BCUT2D eigenvalue weighted by Gasteiger charge is -2.06. The molecule has 0 amide bonds. The van der Waals surface area contributed by atoms with E-state index < -0.39 is 0 Å². The first-order valence-corrected chi connectivity index (χ1v) is 5.82. The molecule has 0 aliphatic carbocycles. The zero-order chi connectivity index (χ0) is 11.4. The molecular weight excluding hydrogens is 244 g/mol. The maximum Gasteiger partial charge on any atom is 0.116 e. The molecule has 0 saturated heterocycles. The molecule has 5 heteroatoms. The minimum absolute atomic E-state index is 0.0338. The van der Waals surface area contributed by atoms with Crippen LogP contribution >= 0.6 is 23.4 Å². The van der Waals surface area contributed by atoms with E-state index in [0.29, 0.717) is 5.02 Å². The van der Waals surface area contributed by atoms with Gasteiger partial charge in [0, 0.05) is 16.1 Å². The van der Waals surface area contributed by atoms with Crippen LogP contribution in [-0.4, -0.2) is 15.1 Å². The highest BCUT2D eigenvalue weighted by molar-refractivity contribution is 7.99. The highest BCUT2D eigenvalue weighted by Crippen LogP contribution is 2.30. The fraction of sp³-hybridized carbons (Fsp3) is 0.0909. The first-order valence-electron chi connectivity index (χ1n) is 4.63. The van der Waals surface area contributed by atoms with Crippen molar-refractivity contribution >= 4 is 23.4 Å². The molecule has 2 aromatic rings. The topological polar surface area (TPSA) is 46.0 Å². The Morgan fingerprint density at radius 2 is 2.19 bits per heavy atom.